The van der Waals surface area contributed by atoms with E-state index in [1.54, 1.807) is 6.07 Å². The fourth-order valence-electron chi connectivity index (χ4n) is 3.01. The summed E-state index contributed by atoms with van der Waals surface area (Å²) in [6, 6.07) is 14.9. The number of halogens is 1. The number of fused-ring (bicyclic) bond motifs is 1. The average Bonchev–Trinajstić information content (AvgIpc) is 3.25. The summed E-state index contributed by atoms with van der Waals surface area (Å²) >= 11 is 1.29. The highest BCUT2D eigenvalue weighted by Gasteiger charge is 2.19. The summed E-state index contributed by atoms with van der Waals surface area (Å²) in [6.07, 6.45) is 0. The van der Waals surface area contributed by atoms with Gasteiger partial charge in [-0.1, -0.05) is 30.3 Å². The minimum Gasteiger partial charge on any atom is -0.321 e. The smallest absolute Gasteiger partial charge is 0.306 e. The minimum atomic E-state index is -0.952. The molecule has 2 aromatic carbocycles. The van der Waals surface area contributed by atoms with Crippen LogP contribution in [0, 0.1) is 22.9 Å². The number of nitrogens with zero attached hydrogens (tertiary/aromatic N) is 3. The van der Waals surface area contributed by atoms with Crippen molar-refractivity contribution in [3.63, 3.8) is 0 Å². The number of nitro groups is 1. The first-order valence-electron chi connectivity index (χ1n) is 8.68. The first-order valence-corrected chi connectivity index (χ1v) is 9.50. The molecule has 9 heteroatoms. The lowest BCUT2D eigenvalue weighted by Gasteiger charge is -2.04. The number of aryl methyl sites for hydroxylation is 1. The molecule has 0 spiro atoms. The zero-order valence-corrected chi connectivity index (χ0v) is 16.1. The molecule has 29 heavy (non-hydrogen) atoms. The van der Waals surface area contributed by atoms with Crippen molar-refractivity contribution in [3.8, 4) is 0 Å². The molecule has 0 bridgehead atoms. The van der Waals surface area contributed by atoms with Gasteiger partial charge in [0.05, 0.1) is 22.0 Å². The molecule has 0 saturated carbocycles. The van der Waals surface area contributed by atoms with Crippen LogP contribution in [0.15, 0.2) is 54.6 Å². The predicted octanol–water partition coefficient (Wildman–Crippen LogP) is 4.75. The highest BCUT2D eigenvalue weighted by atomic mass is 32.1. The number of hydrogen-bond acceptors (Lipinski definition) is 5. The Kier molecular flexibility index (Phi) is 4.81. The van der Waals surface area contributed by atoms with Gasteiger partial charge in [-0.3, -0.25) is 19.6 Å². The highest BCUT2D eigenvalue weighted by molar-refractivity contribution is 7.20. The molecule has 0 saturated heterocycles. The van der Waals surface area contributed by atoms with Crippen molar-refractivity contribution in [2.45, 2.75) is 13.5 Å². The Morgan fingerprint density at radius 1 is 1.24 bits per heavy atom. The van der Waals surface area contributed by atoms with E-state index in [4.69, 9.17) is 0 Å². The SMILES string of the molecule is Cc1nn(Cc2ccccc2)c2sc(C(=O)Nc3ccc(F)c([N+](=O)[O-])c3)cc12. The second kappa shape index (κ2) is 7.44. The van der Waals surface area contributed by atoms with Gasteiger partial charge in [-0.25, -0.2) is 0 Å². The van der Waals surface area contributed by atoms with Gasteiger partial charge in [-0.2, -0.15) is 9.49 Å². The molecule has 0 aliphatic rings. The van der Waals surface area contributed by atoms with Crippen LogP contribution < -0.4 is 5.32 Å². The molecule has 7 nitrogen and oxygen atoms in total. The number of thiophene rings is 1. The number of amides is 1. The third kappa shape index (κ3) is 3.72. The lowest BCUT2D eigenvalue weighted by atomic mass is 10.2. The van der Waals surface area contributed by atoms with Gasteiger partial charge >= 0.3 is 5.69 Å². The molecule has 4 rings (SSSR count). The van der Waals surface area contributed by atoms with Crippen molar-refractivity contribution in [2.75, 3.05) is 5.32 Å². The zero-order valence-electron chi connectivity index (χ0n) is 15.3. The van der Waals surface area contributed by atoms with Crippen LogP contribution in [0.3, 0.4) is 0 Å². The Hall–Kier alpha value is -3.59. The molecule has 2 aromatic heterocycles. The Morgan fingerprint density at radius 3 is 2.72 bits per heavy atom. The van der Waals surface area contributed by atoms with E-state index in [-0.39, 0.29) is 5.69 Å². The average molecular weight is 410 g/mol. The number of anilines is 1. The fourth-order valence-corrected chi connectivity index (χ4v) is 4.07. The summed E-state index contributed by atoms with van der Waals surface area (Å²) in [6.45, 7) is 2.46. The summed E-state index contributed by atoms with van der Waals surface area (Å²) in [5.41, 5.74) is 1.37. The maximum atomic E-state index is 13.5. The number of hydrogen-bond donors (Lipinski definition) is 1. The number of rotatable bonds is 5. The van der Waals surface area contributed by atoms with Gasteiger partial charge in [0.2, 0.25) is 5.82 Å². The van der Waals surface area contributed by atoms with E-state index >= 15 is 0 Å². The second-order valence-electron chi connectivity index (χ2n) is 6.44. The largest absolute Gasteiger partial charge is 0.321 e. The number of benzene rings is 2. The maximum absolute atomic E-state index is 13.5. The van der Waals surface area contributed by atoms with Gasteiger partial charge in [0.1, 0.15) is 4.83 Å². The van der Waals surface area contributed by atoms with Crippen LogP contribution in [-0.4, -0.2) is 20.6 Å². The van der Waals surface area contributed by atoms with Crippen molar-refractivity contribution in [1.29, 1.82) is 0 Å². The van der Waals surface area contributed by atoms with Gasteiger partial charge in [0.15, 0.2) is 0 Å². The van der Waals surface area contributed by atoms with E-state index in [9.17, 15) is 19.3 Å². The van der Waals surface area contributed by atoms with E-state index in [2.05, 4.69) is 10.4 Å². The molecule has 0 aliphatic carbocycles. The first kappa shape index (κ1) is 18.8. The van der Waals surface area contributed by atoms with Crippen molar-refractivity contribution in [2.24, 2.45) is 0 Å². The number of aromatic nitrogens is 2. The van der Waals surface area contributed by atoms with Gasteiger partial charge in [0, 0.05) is 17.1 Å². The second-order valence-corrected chi connectivity index (χ2v) is 7.47. The quantitative estimate of drug-likeness (QED) is 0.380. The molecular formula is C20H15FN4O3S. The van der Waals surface area contributed by atoms with E-state index < -0.39 is 22.3 Å². The topological polar surface area (TPSA) is 90.1 Å². The molecule has 146 valence electrons. The van der Waals surface area contributed by atoms with Gasteiger partial charge in [-0.15, -0.1) is 11.3 Å². The zero-order chi connectivity index (χ0) is 20.5. The van der Waals surface area contributed by atoms with Crippen LogP contribution in [0.5, 0.6) is 0 Å². The Morgan fingerprint density at radius 2 is 2.00 bits per heavy atom. The molecule has 0 aliphatic heterocycles. The normalized spacial score (nSPS) is 11.0. The lowest BCUT2D eigenvalue weighted by Crippen LogP contribution is -2.10. The standard InChI is InChI=1S/C20H15FN4O3S/c1-12-15-10-18(19(26)22-14-7-8-16(21)17(9-14)25(27)28)29-20(15)24(23-12)11-13-5-3-2-4-6-13/h2-10H,11H2,1H3,(H,22,26). The summed E-state index contributed by atoms with van der Waals surface area (Å²) in [4.78, 5) is 24.0. The van der Waals surface area contributed by atoms with Gasteiger partial charge in [0.25, 0.3) is 5.91 Å². The molecule has 0 radical (unpaired) electrons. The van der Waals surface area contributed by atoms with E-state index in [0.717, 1.165) is 33.6 Å². The van der Waals surface area contributed by atoms with Crippen LogP contribution in [0.2, 0.25) is 0 Å². The Balaban J connectivity index is 1.61. The third-order valence-corrected chi connectivity index (χ3v) is 5.55. The predicted molar refractivity (Wildman–Crippen MR) is 109 cm³/mol. The first-order chi connectivity index (χ1) is 13.9. The maximum Gasteiger partial charge on any atom is 0.306 e. The fraction of sp³-hybridized carbons (Fsp3) is 0.100. The van der Waals surface area contributed by atoms with Gasteiger partial charge in [-0.05, 0) is 30.7 Å². The van der Waals surface area contributed by atoms with E-state index in [1.165, 1.54) is 17.4 Å². The summed E-state index contributed by atoms with van der Waals surface area (Å²) in [5.74, 6) is -1.37. The van der Waals surface area contributed by atoms with Crippen LogP contribution in [0.4, 0.5) is 15.8 Å². The molecule has 1 amide bonds. The van der Waals surface area contributed by atoms with Crippen molar-refractivity contribution >= 4 is 38.8 Å². The van der Waals surface area contributed by atoms with Crippen molar-refractivity contribution < 1.29 is 14.1 Å². The Bertz CT molecular complexity index is 1230. The number of nitro benzene ring substituents is 1. The van der Waals surface area contributed by atoms with Crippen LogP contribution in [0.1, 0.15) is 20.9 Å². The van der Waals surface area contributed by atoms with Crippen LogP contribution in [-0.2, 0) is 6.54 Å². The number of carbonyl (C=O) groups excluding carboxylic acids is 1. The summed E-state index contributed by atoms with van der Waals surface area (Å²) < 4.78 is 15.3. The number of carbonyl (C=O) groups is 1. The molecule has 0 atom stereocenters. The van der Waals surface area contributed by atoms with Gasteiger partial charge < -0.3 is 5.32 Å². The number of nitrogens with one attached hydrogen (secondary N) is 1. The molecular weight excluding hydrogens is 395 g/mol. The van der Waals surface area contributed by atoms with E-state index in [1.807, 2.05) is 41.9 Å². The van der Waals surface area contributed by atoms with Crippen molar-refractivity contribution in [1.82, 2.24) is 9.78 Å². The summed E-state index contributed by atoms with van der Waals surface area (Å²) in [7, 11) is 0. The molecule has 1 N–H and O–H groups in total. The monoisotopic (exact) mass is 410 g/mol. The highest BCUT2D eigenvalue weighted by Crippen LogP contribution is 2.30. The molecule has 4 aromatic rings. The molecule has 0 unspecified atom stereocenters. The summed E-state index contributed by atoms with van der Waals surface area (Å²) in [5, 5.41) is 18.9. The van der Waals surface area contributed by atoms with Crippen LogP contribution in [0.25, 0.3) is 10.2 Å². The third-order valence-electron chi connectivity index (χ3n) is 4.41. The lowest BCUT2D eigenvalue weighted by molar-refractivity contribution is -0.387. The molecule has 2 heterocycles. The molecule has 0 fully saturated rings. The van der Waals surface area contributed by atoms with Crippen molar-refractivity contribution in [3.05, 3.63) is 86.7 Å². The van der Waals surface area contributed by atoms with E-state index in [0.29, 0.717) is 11.4 Å². The van der Waals surface area contributed by atoms with Crippen LogP contribution >= 0.6 is 11.3 Å². The minimum absolute atomic E-state index is 0.156. The Labute approximate surface area is 168 Å².